The quantitative estimate of drug-likeness (QED) is 0.719. The second kappa shape index (κ2) is 6.60. The molecule has 3 aromatic rings. The number of nitrogens with one attached hydrogen (secondary N) is 1. The Morgan fingerprint density at radius 3 is 2.72 bits per heavy atom. The van der Waals surface area contributed by atoms with Crippen molar-refractivity contribution < 1.29 is 14.7 Å². The molecule has 0 atom stereocenters. The molecule has 0 spiro atoms. The second-order valence-electron chi connectivity index (χ2n) is 5.67. The molecule has 2 N–H and O–H groups in total. The van der Waals surface area contributed by atoms with E-state index in [0.29, 0.717) is 34.9 Å². The summed E-state index contributed by atoms with van der Waals surface area (Å²) < 4.78 is 1.66. The highest BCUT2D eigenvalue weighted by molar-refractivity contribution is 7.09. The summed E-state index contributed by atoms with van der Waals surface area (Å²) in [6.45, 7) is 5.92. The van der Waals surface area contributed by atoms with E-state index in [0.717, 1.165) is 11.4 Å². The van der Waals surface area contributed by atoms with Crippen LogP contribution in [-0.4, -0.2) is 43.1 Å². The SMILES string of the molecule is Cc1cc(C)n2nc(C)c(C(=O)NCCc3nc(C(=O)O)cs3)c2n1. The number of carbonyl (C=O) groups is 2. The molecular weight excluding hydrogens is 342 g/mol. The first-order valence-corrected chi connectivity index (χ1v) is 8.54. The average molecular weight is 359 g/mol. The number of aromatic carboxylic acids is 1. The van der Waals surface area contributed by atoms with E-state index >= 15 is 0 Å². The number of carboxylic acid groups (broad SMARTS) is 1. The van der Waals surface area contributed by atoms with Crippen LogP contribution in [0.2, 0.25) is 0 Å². The number of carbonyl (C=O) groups excluding carboxylic acids is 1. The highest BCUT2D eigenvalue weighted by atomic mass is 32.1. The van der Waals surface area contributed by atoms with Gasteiger partial charge in [-0.15, -0.1) is 11.3 Å². The van der Waals surface area contributed by atoms with E-state index in [4.69, 9.17) is 5.11 Å². The van der Waals surface area contributed by atoms with Crippen molar-refractivity contribution in [1.29, 1.82) is 0 Å². The summed E-state index contributed by atoms with van der Waals surface area (Å²) in [5, 5.41) is 18.2. The van der Waals surface area contributed by atoms with E-state index in [1.807, 2.05) is 19.9 Å². The zero-order valence-electron chi connectivity index (χ0n) is 14.0. The third kappa shape index (κ3) is 3.36. The minimum atomic E-state index is -1.05. The lowest BCUT2D eigenvalue weighted by Gasteiger charge is -2.04. The first-order chi connectivity index (χ1) is 11.9. The molecule has 0 aliphatic heterocycles. The number of fused-ring (bicyclic) bond motifs is 1. The highest BCUT2D eigenvalue weighted by Crippen LogP contribution is 2.16. The average Bonchev–Trinajstić information content (AvgIpc) is 3.11. The van der Waals surface area contributed by atoms with Gasteiger partial charge in [0.1, 0.15) is 5.56 Å². The van der Waals surface area contributed by atoms with E-state index in [2.05, 4.69) is 20.4 Å². The molecule has 9 heteroatoms. The minimum Gasteiger partial charge on any atom is -0.476 e. The van der Waals surface area contributed by atoms with Gasteiger partial charge in [-0.2, -0.15) is 5.10 Å². The Hall–Kier alpha value is -2.81. The molecule has 8 nitrogen and oxygen atoms in total. The summed E-state index contributed by atoms with van der Waals surface area (Å²) in [4.78, 5) is 31.8. The fourth-order valence-corrected chi connectivity index (χ4v) is 3.36. The van der Waals surface area contributed by atoms with Gasteiger partial charge in [-0.3, -0.25) is 4.79 Å². The fourth-order valence-electron chi connectivity index (χ4n) is 2.59. The van der Waals surface area contributed by atoms with Crippen molar-refractivity contribution in [2.45, 2.75) is 27.2 Å². The Balaban J connectivity index is 1.74. The first kappa shape index (κ1) is 17.0. The van der Waals surface area contributed by atoms with Gasteiger partial charge in [0.25, 0.3) is 5.91 Å². The van der Waals surface area contributed by atoms with E-state index in [1.54, 1.807) is 11.4 Å². The van der Waals surface area contributed by atoms with E-state index in [-0.39, 0.29) is 11.6 Å². The molecular formula is C16H17N5O3S. The topological polar surface area (TPSA) is 109 Å². The Morgan fingerprint density at radius 1 is 1.28 bits per heavy atom. The largest absolute Gasteiger partial charge is 0.476 e. The molecule has 0 fully saturated rings. The lowest BCUT2D eigenvalue weighted by Crippen LogP contribution is -2.26. The van der Waals surface area contributed by atoms with Crippen LogP contribution in [0.1, 0.15) is 42.9 Å². The van der Waals surface area contributed by atoms with Crippen LogP contribution in [0.4, 0.5) is 0 Å². The van der Waals surface area contributed by atoms with Gasteiger partial charge in [0.05, 0.1) is 10.7 Å². The summed E-state index contributed by atoms with van der Waals surface area (Å²) in [7, 11) is 0. The predicted molar refractivity (Wildman–Crippen MR) is 92.3 cm³/mol. The summed E-state index contributed by atoms with van der Waals surface area (Å²) in [6, 6.07) is 1.91. The number of rotatable bonds is 5. The molecule has 3 rings (SSSR count). The van der Waals surface area contributed by atoms with Gasteiger partial charge in [0, 0.05) is 29.7 Å². The van der Waals surface area contributed by atoms with Crippen LogP contribution in [-0.2, 0) is 6.42 Å². The van der Waals surface area contributed by atoms with Crippen LogP contribution in [0.15, 0.2) is 11.4 Å². The van der Waals surface area contributed by atoms with Crippen LogP contribution in [0.25, 0.3) is 5.65 Å². The number of carboxylic acids is 1. The molecule has 0 aromatic carbocycles. The monoisotopic (exact) mass is 359 g/mol. The lowest BCUT2D eigenvalue weighted by molar-refractivity contribution is 0.0690. The van der Waals surface area contributed by atoms with Gasteiger partial charge < -0.3 is 10.4 Å². The number of hydrogen-bond donors (Lipinski definition) is 2. The molecule has 0 saturated carbocycles. The van der Waals surface area contributed by atoms with Gasteiger partial charge >= 0.3 is 5.97 Å². The van der Waals surface area contributed by atoms with Crippen molar-refractivity contribution >= 4 is 28.9 Å². The standard InChI is InChI=1S/C16H17N5O3S/c1-8-6-9(2)21-14(18-8)13(10(3)20-21)15(22)17-5-4-12-19-11(7-25-12)16(23)24/h6-7H,4-5H2,1-3H3,(H,17,22)(H,23,24). The molecule has 1 amide bonds. The summed E-state index contributed by atoms with van der Waals surface area (Å²) >= 11 is 1.26. The summed E-state index contributed by atoms with van der Waals surface area (Å²) in [5.74, 6) is -1.30. The van der Waals surface area contributed by atoms with Gasteiger partial charge in [-0.05, 0) is 26.8 Å². The van der Waals surface area contributed by atoms with Crippen molar-refractivity contribution in [2.75, 3.05) is 6.54 Å². The number of thiazole rings is 1. The molecule has 130 valence electrons. The zero-order valence-corrected chi connectivity index (χ0v) is 14.8. The Bertz CT molecular complexity index is 976. The van der Waals surface area contributed by atoms with Gasteiger partial charge in [-0.1, -0.05) is 0 Å². The van der Waals surface area contributed by atoms with E-state index < -0.39 is 5.97 Å². The van der Waals surface area contributed by atoms with Crippen molar-refractivity contribution in [2.24, 2.45) is 0 Å². The van der Waals surface area contributed by atoms with E-state index in [9.17, 15) is 9.59 Å². The Kier molecular flexibility index (Phi) is 4.49. The molecule has 25 heavy (non-hydrogen) atoms. The van der Waals surface area contributed by atoms with Crippen LogP contribution >= 0.6 is 11.3 Å². The third-order valence-corrected chi connectivity index (χ3v) is 4.60. The van der Waals surface area contributed by atoms with Crippen molar-refractivity contribution in [1.82, 2.24) is 24.9 Å². The first-order valence-electron chi connectivity index (χ1n) is 7.66. The maximum atomic E-state index is 12.6. The Morgan fingerprint density at radius 2 is 2.04 bits per heavy atom. The van der Waals surface area contributed by atoms with Crippen LogP contribution in [0.5, 0.6) is 0 Å². The summed E-state index contributed by atoms with van der Waals surface area (Å²) in [5.41, 5.74) is 3.37. The number of aromatic nitrogens is 4. The second-order valence-corrected chi connectivity index (χ2v) is 6.61. The summed E-state index contributed by atoms with van der Waals surface area (Å²) in [6.07, 6.45) is 0.466. The molecule has 3 heterocycles. The Labute approximate surface area is 147 Å². The zero-order chi connectivity index (χ0) is 18.1. The third-order valence-electron chi connectivity index (χ3n) is 3.69. The number of hydrogen-bond acceptors (Lipinski definition) is 6. The van der Waals surface area contributed by atoms with Gasteiger partial charge in [-0.25, -0.2) is 19.3 Å². The number of nitrogens with zero attached hydrogens (tertiary/aromatic N) is 4. The molecule has 0 saturated heterocycles. The number of amides is 1. The van der Waals surface area contributed by atoms with Gasteiger partial charge in [0.15, 0.2) is 11.3 Å². The molecule has 3 aromatic heterocycles. The molecule has 0 unspecified atom stereocenters. The normalized spacial score (nSPS) is 11.0. The lowest BCUT2D eigenvalue weighted by atomic mass is 10.2. The molecule has 0 aliphatic rings. The van der Waals surface area contributed by atoms with Crippen LogP contribution in [0.3, 0.4) is 0 Å². The minimum absolute atomic E-state index is 0.0277. The van der Waals surface area contributed by atoms with E-state index in [1.165, 1.54) is 16.7 Å². The maximum Gasteiger partial charge on any atom is 0.355 e. The molecule has 0 aliphatic carbocycles. The van der Waals surface area contributed by atoms with Crippen LogP contribution < -0.4 is 5.32 Å². The number of aryl methyl sites for hydroxylation is 3. The van der Waals surface area contributed by atoms with Crippen molar-refractivity contribution in [3.05, 3.63) is 44.8 Å². The maximum absolute atomic E-state index is 12.6. The molecule has 0 radical (unpaired) electrons. The van der Waals surface area contributed by atoms with Crippen molar-refractivity contribution in [3.8, 4) is 0 Å². The smallest absolute Gasteiger partial charge is 0.355 e. The highest BCUT2D eigenvalue weighted by Gasteiger charge is 2.19. The molecule has 0 bridgehead atoms. The van der Waals surface area contributed by atoms with Gasteiger partial charge in [0.2, 0.25) is 0 Å². The van der Waals surface area contributed by atoms with Crippen LogP contribution in [0, 0.1) is 20.8 Å². The fraction of sp³-hybridized carbons (Fsp3) is 0.312. The van der Waals surface area contributed by atoms with Crippen molar-refractivity contribution in [3.63, 3.8) is 0 Å². The predicted octanol–water partition coefficient (Wildman–Crippen LogP) is 1.78.